The Hall–Kier alpha value is -3.32. The first kappa shape index (κ1) is 56.0. The molecule has 18 atom stereocenters. The van der Waals surface area contributed by atoms with Gasteiger partial charge in [-0.15, -0.1) is 12.3 Å². The molecule has 0 spiro atoms. The molecule has 3 N–H and O–H groups in total. The molecule has 0 aliphatic carbocycles. The number of hydrogen-bond donors (Lipinski definition) is 3. The van der Waals surface area contributed by atoms with Crippen LogP contribution in [0.3, 0.4) is 0 Å². The number of halogens is 1. The van der Waals surface area contributed by atoms with Crippen LogP contribution in [0.5, 0.6) is 0 Å². The summed E-state index contributed by atoms with van der Waals surface area (Å²) in [6, 6.07) is -0.510. The second-order valence-corrected chi connectivity index (χ2v) is 19.0. The summed E-state index contributed by atoms with van der Waals surface area (Å²) < 4.78 is 67.2. The Kier molecular flexibility index (Phi) is 19.5. The number of carbonyl (C=O) groups excluding carboxylic acids is 4. The van der Waals surface area contributed by atoms with Crippen molar-refractivity contribution in [2.24, 2.45) is 22.9 Å². The Morgan fingerprint density at radius 3 is 2.09 bits per heavy atom. The van der Waals surface area contributed by atoms with Gasteiger partial charge in [-0.2, -0.15) is 0 Å². The third kappa shape index (κ3) is 13.4. The van der Waals surface area contributed by atoms with Crippen LogP contribution in [0, 0.1) is 30.1 Å². The normalized spacial score (nSPS) is 42.9. The maximum Gasteiger partial charge on any atom is 0.346 e. The SMILES string of the molecule is C#CCCN(C)[C@H]1C[C@@H](C)OC(O[C@@H]2[C@@H](C)[C@H](OC3C[C@@](C)(OC)[C@@H](OC(C)=O)[C@H](C)O3)[C@](C)(F)C(=O)O[C@H](CC)[C@@](C)(O)[C@H](O)[C@@H](C)/C(=N/OC(C)=O)[C@H](C)C[C@@]2(C)O)[C@@H]1OC(C)=O. The van der Waals surface area contributed by atoms with E-state index in [0.717, 1.165) is 13.8 Å². The van der Waals surface area contributed by atoms with Crippen LogP contribution in [0.4, 0.5) is 4.39 Å². The van der Waals surface area contributed by atoms with Gasteiger partial charge in [-0.25, -0.2) is 14.0 Å². The van der Waals surface area contributed by atoms with E-state index in [1.807, 2.05) is 11.9 Å². The third-order valence-corrected chi connectivity index (χ3v) is 13.2. The van der Waals surface area contributed by atoms with Gasteiger partial charge in [0.2, 0.25) is 5.67 Å². The molecule has 0 radical (unpaired) electrons. The van der Waals surface area contributed by atoms with Gasteiger partial charge in [-0.3, -0.25) is 14.5 Å². The van der Waals surface area contributed by atoms with Gasteiger partial charge in [0, 0.05) is 65.0 Å². The summed E-state index contributed by atoms with van der Waals surface area (Å²) >= 11 is 0. The van der Waals surface area contributed by atoms with E-state index in [1.165, 1.54) is 48.7 Å². The quantitative estimate of drug-likeness (QED) is 0.0832. The van der Waals surface area contributed by atoms with Crippen molar-refractivity contribution in [1.29, 1.82) is 0 Å². The molecule has 65 heavy (non-hydrogen) atoms. The van der Waals surface area contributed by atoms with Crippen LogP contribution in [-0.2, 0) is 61.9 Å². The Morgan fingerprint density at radius 2 is 1.55 bits per heavy atom. The smallest absolute Gasteiger partial charge is 0.346 e. The molecule has 0 aromatic rings. The summed E-state index contributed by atoms with van der Waals surface area (Å²) in [5.41, 5.74) is -8.66. The van der Waals surface area contributed by atoms with Crippen molar-refractivity contribution >= 4 is 29.6 Å². The van der Waals surface area contributed by atoms with Crippen molar-refractivity contribution < 1.29 is 81.6 Å². The van der Waals surface area contributed by atoms with Crippen LogP contribution in [-0.4, -0.2) is 160 Å². The molecule has 0 amide bonds. The molecule has 0 aromatic heterocycles. The Bertz CT molecular complexity index is 1720. The fourth-order valence-corrected chi connectivity index (χ4v) is 9.74. The predicted octanol–water partition coefficient (Wildman–Crippen LogP) is 3.76. The van der Waals surface area contributed by atoms with E-state index in [0.29, 0.717) is 19.4 Å². The number of aliphatic hydroxyl groups is 3. The summed E-state index contributed by atoms with van der Waals surface area (Å²) in [4.78, 5) is 58.5. The number of nitrogens with zero attached hydrogens (tertiary/aromatic N) is 2. The van der Waals surface area contributed by atoms with Gasteiger partial charge in [-0.05, 0) is 67.9 Å². The lowest BCUT2D eigenvalue weighted by molar-refractivity contribution is -0.324. The molecule has 2 unspecified atom stereocenters. The van der Waals surface area contributed by atoms with Crippen LogP contribution in [0.15, 0.2) is 5.16 Å². The highest BCUT2D eigenvalue weighted by atomic mass is 19.1. The Balaban J connectivity index is 2.38. The molecule has 3 fully saturated rings. The minimum Gasteiger partial charge on any atom is -0.457 e. The highest BCUT2D eigenvalue weighted by Gasteiger charge is 2.59. The number of methoxy groups -OCH3 is 1. The van der Waals surface area contributed by atoms with Gasteiger partial charge in [0.25, 0.3) is 0 Å². The predicted molar refractivity (Wildman–Crippen MR) is 232 cm³/mol. The number of rotatable bonds is 12. The Morgan fingerprint density at radius 1 is 0.938 bits per heavy atom. The molecular formula is C46H75FN2O16. The summed E-state index contributed by atoms with van der Waals surface area (Å²) in [5.74, 6) is -4.27. The molecule has 3 rings (SSSR count). The lowest BCUT2D eigenvalue weighted by Gasteiger charge is -2.50. The van der Waals surface area contributed by atoms with Gasteiger partial charge in [0.1, 0.15) is 23.4 Å². The number of terminal acetylenes is 1. The molecule has 18 nitrogen and oxygen atoms in total. The van der Waals surface area contributed by atoms with E-state index >= 15 is 4.39 Å². The van der Waals surface area contributed by atoms with Crippen molar-refractivity contribution in [2.75, 3.05) is 20.7 Å². The first-order valence-electron chi connectivity index (χ1n) is 22.4. The molecule has 19 heteroatoms. The lowest BCUT2D eigenvalue weighted by atomic mass is 9.73. The number of alkyl halides is 1. The fourth-order valence-electron chi connectivity index (χ4n) is 9.74. The molecule has 0 bridgehead atoms. The molecular weight excluding hydrogens is 856 g/mol. The number of aliphatic hydroxyl groups excluding tert-OH is 1. The largest absolute Gasteiger partial charge is 0.457 e. The van der Waals surface area contributed by atoms with Gasteiger partial charge in [0.05, 0.1) is 41.8 Å². The second kappa shape index (κ2) is 22.7. The maximum absolute atomic E-state index is 18.1. The minimum absolute atomic E-state index is 0.0438. The first-order valence-corrected chi connectivity index (χ1v) is 22.4. The van der Waals surface area contributed by atoms with Crippen molar-refractivity contribution in [2.45, 2.75) is 212 Å². The lowest BCUT2D eigenvalue weighted by Crippen LogP contribution is -2.64. The first-order chi connectivity index (χ1) is 30.0. The maximum atomic E-state index is 18.1. The van der Waals surface area contributed by atoms with Crippen LogP contribution in [0.1, 0.15) is 122 Å². The minimum atomic E-state index is -3.13. The number of hydrogen-bond acceptors (Lipinski definition) is 18. The summed E-state index contributed by atoms with van der Waals surface area (Å²) in [7, 11) is 3.21. The number of likely N-dealkylation sites (N-methyl/N-ethyl adjacent to an activating group) is 1. The van der Waals surface area contributed by atoms with Gasteiger partial charge < -0.3 is 58.1 Å². The highest BCUT2D eigenvalue weighted by molar-refractivity contribution is 5.89. The number of carbonyl (C=O) groups is 4. The highest BCUT2D eigenvalue weighted by Crippen LogP contribution is 2.43. The topological polar surface area (TPSA) is 228 Å². The van der Waals surface area contributed by atoms with Gasteiger partial charge in [-0.1, -0.05) is 32.9 Å². The van der Waals surface area contributed by atoms with E-state index in [4.69, 9.17) is 49.2 Å². The third-order valence-electron chi connectivity index (χ3n) is 13.2. The molecule has 3 aliphatic heterocycles. The van der Waals surface area contributed by atoms with Gasteiger partial charge >= 0.3 is 23.9 Å². The van der Waals surface area contributed by atoms with E-state index in [1.54, 1.807) is 34.6 Å². The summed E-state index contributed by atoms with van der Waals surface area (Å²) in [6.07, 6.45) is -7.11. The van der Waals surface area contributed by atoms with Crippen LogP contribution < -0.4 is 0 Å². The van der Waals surface area contributed by atoms with E-state index < -0.39 is 132 Å². The van der Waals surface area contributed by atoms with Crippen molar-refractivity contribution in [3.05, 3.63) is 0 Å². The molecule has 0 saturated carbocycles. The van der Waals surface area contributed by atoms with Crippen molar-refractivity contribution in [3.63, 3.8) is 0 Å². The number of esters is 3. The van der Waals surface area contributed by atoms with Crippen molar-refractivity contribution in [1.82, 2.24) is 4.90 Å². The summed E-state index contributed by atoms with van der Waals surface area (Å²) in [5, 5.41) is 40.8. The molecule has 0 aromatic carbocycles. The average Bonchev–Trinajstić information content (AvgIpc) is 3.20. The molecule has 3 heterocycles. The monoisotopic (exact) mass is 931 g/mol. The molecule has 372 valence electrons. The molecule has 3 aliphatic rings. The van der Waals surface area contributed by atoms with E-state index in [2.05, 4.69) is 11.1 Å². The number of oxime groups is 1. The van der Waals surface area contributed by atoms with Crippen molar-refractivity contribution in [3.8, 4) is 12.3 Å². The standard InChI is InChI=1S/C46H75FN2O16/c1-17-19-20-49(15)32-21-25(4)58-41(36(32)60-29(8)50)64-38-27(6)39(63-34-23-44(12,57-16)40(28(7)59-34)61-30(9)51)45(13,47)42(54)62-33(18-2)46(14,56)37(53)26(5)35(48-65-31(10)52)24(3)22-43(38,11)55/h1,24-28,32-34,36-41,53,55-56H,18-23H2,2-16H3/b48-35+/t24-,25-,26+,27-,28+,32+,33-,34?,36-,37-,38-,39+,40+,41?,43-,44-,45+,46-/m1/s1. The Labute approximate surface area is 383 Å². The van der Waals surface area contributed by atoms with Crippen LogP contribution in [0.25, 0.3) is 0 Å². The molecule has 3 saturated heterocycles. The fraction of sp³-hybridized carbons (Fsp3) is 0.848. The zero-order chi connectivity index (χ0) is 49.6. The van der Waals surface area contributed by atoms with Crippen LogP contribution >= 0.6 is 0 Å². The second-order valence-electron chi connectivity index (χ2n) is 19.0. The zero-order valence-electron chi connectivity index (χ0n) is 40.8. The number of cyclic esters (lactones) is 1. The number of ether oxygens (including phenoxy) is 8. The van der Waals surface area contributed by atoms with E-state index in [9.17, 15) is 34.5 Å². The average molecular weight is 931 g/mol. The van der Waals surface area contributed by atoms with Gasteiger partial charge in [0.15, 0.2) is 24.8 Å². The van der Waals surface area contributed by atoms with Crippen LogP contribution in [0.2, 0.25) is 0 Å². The van der Waals surface area contributed by atoms with E-state index in [-0.39, 0.29) is 25.0 Å². The summed E-state index contributed by atoms with van der Waals surface area (Å²) in [6.45, 7) is 18.9. The zero-order valence-corrected chi connectivity index (χ0v) is 40.8.